The molecule has 0 aliphatic heterocycles. The number of hydrogen-bond acceptors (Lipinski definition) is 3. The Morgan fingerprint density at radius 1 is 0.912 bits per heavy atom. The highest BCUT2D eigenvalue weighted by molar-refractivity contribution is 9.11. The first kappa shape index (κ1) is 21.0. The van der Waals surface area contributed by atoms with Gasteiger partial charge >= 0.3 is 5.69 Å². The number of aromatic amines is 3. The summed E-state index contributed by atoms with van der Waals surface area (Å²) in [6.45, 7) is 0.558. The standard InChI is InChI=1S/C25H18Br2N6O/c26-17-8-16(9-18(27)10-17)23-24(29-12-14-1-3-20-15(7-14)5-6-28-20)32-25(34)33(23)19-2-4-21-22(11-19)31-13-30-21/h1-11,13,28-29H,12H2,(H,30,31)(H,32,34). The number of aromatic nitrogens is 5. The molecule has 9 heteroatoms. The Morgan fingerprint density at radius 2 is 1.76 bits per heavy atom. The molecule has 3 heterocycles. The van der Waals surface area contributed by atoms with E-state index in [9.17, 15) is 4.79 Å². The van der Waals surface area contributed by atoms with E-state index in [1.807, 2.05) is 48.7 Å². The third kappa shape index (κ3) is 3.76. The predicted molar refractivity (Wildman–Crippen MR) is 143 cm³/mol. The maximum atomic E-state index is 13.2. The number of rotatable bonds is 5. The van der Waals surface area contributed by atoms with Gasteiger partial charge in [-0.05, 0) is 65.5 Å². The first-order valence-corrected chi connectivity index (χ1v) is 12.2. The molecule has 0 atom stereocenters. The van der Waals surface area contributed by atoms with E-state index < -0.39 is 0 Å². The summed E-state index contributed by atoms with van der Waals surface area (Å²) in [5.41, 5.74) is 6.05. The van der Waals surface area contributed by atoms with Crippen LogP contribution in [0.3, 0.4) is 0 Å². The van der Waals surface area contributed by atoms with Crippen LogP contribution in [0.4, 0.5) is 5.82 Å². The minimum atomic E-state index is -0.228. The minimum absolute atomic E-state index is 0.228. The highest BCUT2D eigenvalue weighted by Gasteiger charge is 2.19. The van der Waals surface area contributed by atoms with Crippen molar-refractivity contribution in [1.29, 1.82) is 0 Å². The molecule has 0 unspecified atom stereocenters. The van der Waals surface area contributed by atoms with Crippen LogP contribution in [0.15, 0.2) is 86.9 Å². The van der Waals surface area contributed by atoms with Crippen molar-refractivity contribution in [3.8, 4) is 16.9 Å². The Hall–Kier alpha value is -3.56. The summed E-state index contributed by atoms with van der Waals surface area (Å²) in [7, 11) is 0. The molecule has 34 heavy (non-hydrogen) atoms. The average Bonchev–Trinajstić information content (AvgIpc) is 3.54. The summed E-state index contributed by atoms with van der Waals surface area (Å²) in [6, 6.07) is 20.0. The zero-order chi connectivity index (χ0) is 23.2. The van der Waals surface area contributed by atoms with Crippen molar-refractivity contribution in [1.82, 2.24) is 24.5 Å². The molecule has 7 nitrogen and oxygen atoms in total. The van der Waals surface area contributed by atoms with E-state index in [4.69, 9.17) is 0 Å². The molecule has 0 fully saturated rings. The lowest BCUT2D eigenvalue weighted by Gasteiger charge is -2.13. The second kappa shape index (κ2) is 8.34. The average molecular weight is 578 g/mol. The number of nitrogens with zero attached hydrogens (tertiary/aromatic N) is 2. The van der Waals surface area contributed by atoms with Crippen LogP contribution in [-0.2, 0) is 6.54 Å². The summed E-state index contributed by atoms with van der Waals surface area (Å²) in [5.74, 6) is 0.647. The summed E-state index contributed by atoms with van der Waals surface area (Å²) >= 11 is 7.16. The van der Waals surface area contributed by atoms with Gasteiger partial charge in [0, 0.05) is 32.8 Å². The number of H-pyrrole nitrogens is 3. The summed E-state index contributed by atoms with van der Waals surface area (Å²) < 4.78 is 3.50. The smallest absolute Gasteiger partial charge is 0.332 e. The van der Waals surface area contributed by atoms with Crippen LogP contribution in [0.25, 0.3) is 38.9 Å². The molecule has 3 aromatic carbocycles. The molecule has 0 amide bonds. The Kier molecular flexibility index (Phi) is 5.15. The fourth-order valence-electron chi connectivity index (χ4n) is 4.24. The number of fused-ring (bicyclic) bond motifs is 2. The molecule has 6 rings (SSSR count). The molecule has 0 saturated heterocycles. The van der Waals surface area contributed by atoms with E-state index in [0.717, 1.165) is 53.4 Å². The van der Waals surface area contributed by atoms with Crippen LogP contribution < -0.4 is 11.0 Å². The van der Waals surface area contributed by atoms with Gasteiger partial charge in [-0.1, -0.05) is 37.9 Å². The molecule has 0 spiro atoms. The van der Waals surface area contributed by atoms with Crippen molar-refractivity contribution < 1.29 is 0 Å². The van der Waals surface area contributed by atoms with Crippen LogP contribution in [0.2, 0.25) is 0 Å². The van der Waals surface area contributed by atoms with Gasteiger partial charge in [-0.3, -0.25) is 9.55 Å². The molecule has 3 aromatic heterocycles. The second-order valence-corrected chi connectivity index (χ2v) is 9.84. The third-order valence-electron chi connectivity index (χ3n) is 5.78. The molecule has 4 N–H and O–H groups in total. The van der Waals surface area contributed by atoms with Crippen LogP contribution >= 0.6 is 31.9 Å². The molecule has 0 bridgehead atoms. The second-order valence-electron chi connectivity index (χ2n) is 8.00. The van der Waals surface area contributed by atoms with Crippen LogP contribution in [0.5, 0.6) is 0 Å². The van der Waals surface area contributed by atoms with Crippen LogP contribution in [-0.4, -0.2) is 24.5 Å². The predicted octanol–water partition coefficient (Wildman–Crippen LogP) is 6.33. The van der Waals surface area contributed by atoms with E-state index in [1.165, 1.54) is 0 Å². The first-order chi connectivity index (χ1) is 16.5. The van der Waals surface area contributed by atoms with E-state index in [1.54, 1.807) is 10.9 Å². The fraction of sp³-hybridized carbons (Fsp3) is 0.0400. The zero-order valence-electron chi connectivity index (χ0n) is 17.7. The van der Waals surface area contributed by atoms with Gasteiger partial charge in [-0.15, -0.1) is 0 Å². The van der Waals surface area contributed by atoms with Crippen molar-refractivity contribution in [2.24, 2.45) is 0 Å². The van der Waals surface area contributed by atoms with Gasteiger partial charge in [0.25, 0.3) is 0 Å². The number of benzene rings is 3. The molecular formula is C25H18Br2N6O. The lowest BCUT2D eigenvalue weighted by atomic mass is 10.1. The minimum Gasteiger partial charge on any atom is -0.366 e. The van der Waals surface area contributed by atoms with Crippen LogP contribution in [0, 0.1) is 0 Å². The SMILES string of the molecule is O=c1[nH]c(NCc2ccc3[nH]ccc3c2)c(-c2cc(Br)cc(Br)c2)n1-c1ccc2nc[nH]c2c1. The van der Waals surface area contributed by atoms with Crippen molar-refractivity contribution >= 4 is 59.6 Å². The van der Waals surface area contributed by atoms with E-state index in [-0.39, 0.29) is 5.69 Å². The summed E-state index contributed by atoms with van der Waals surface area (Å²) in [6.07, 6.45) is 3.58. The van der Waals surface area contributed by atoms with Crippen LogP contribution in [0.1, 0.15) is 5.56 Å². The number of imidazole rings is 2. The lowest BCUT2D eigenvalue weighted by molar-refractivity contribution is 0.994. The van der Waals surface area contributed by atoms with E-state index in [2.05, 4.69) is 75.3 Å². The number of nitrogens with one attached hydrogen (secondary N) is 4. The zero-order valence-corrected chi connectivity index (χ0v) is 20.9. The van der Waals surface area contributed by atoms with Gasteiger partial charge in [-0.25, -0.2) is 9.78 Å². The fourth-order valence-corrected chi connectivity index (χ4v) is 5.53. The molecule has 168 valence electrons. The largest absolute Gasteiger partial charge is 0.366 e. The molecule has 0 saturated carbocycles. The van der Waals surface area contributed by atoms with Gasteiger partial charge in [0.2, 0.25) is 0 Å². The summed E-state index contributed by atoms with van der Waals surface area (Å²) in [4.78, 5) is 26.9. The molecule has 0 radical (unpaired) electrons. The van der Waals surface area contributed by atoms with Gasteiger partial charge < -0.3 is 15.3 Å². The van der Waals surface area contributed by atoms with E-state index in [0.29, 0.717) is 12.4 Å². The Balaban J connectivity index is 1.47. The highest BCUT2D eigenvalue weighted by Crippen LogP contribution is 2.33. The van der Waals surface area contributed by atoms with Crippen molar-refractivity contribution in [2.45, 2.75) is 6.54 Å². The van der Waals surface area contributed by atoms with Gasteiger partial charge in [0.15, 0.2) is 0 Å². The van der Waals surface area contributed by atoms with Gasteiger partial charge in [0.1, 0.15) is 5.82 Å². The third-order valence-corrected chi connectivity index (χ3v) is 6.70. The molecule has 6 aromatic rings. The molecular weight excluding hydrogens is 560 g/mol. The molecule has 0 aliphatic rings. The first-order valence-electron chi connectivity index (χ1n) is 10.6. The Morgan fingerprint density at radius 3 is 2.62 bits per heavy atom. The number of halogens is 2. The van der Waals surface area contributed by atoms with Crippen molar-refractivity contribution in [2.75, 3.05) is 5.32 Å². The highest BCUT2D eigenvalue weighted by atomic mass is 79.9. The Labute approximate surface area is 210 Å². The normalized spacial score (nSPS) is 11.5. The van der Waals surface area contributed by atoms with Crippen molar-refractivity contribution in [3.05, 3.63) is 98.2 Å². The van der Waals surface area contributed by atoms with Gasteiger partial charge in [0.05, 0.1) is 28.7 Å². The van der Waals surface area contributed by atoms with E-state index >= 15 is 0 Å². The van der Waals surface area contributed by atoms with Gasteiger partial charge in [-0.2, -0.15) is 0 Å². The number of hydrogen-bond donors (Lipinski definition) is 4. The quantitative estimate of drug-likeness (QED) is 0.193. The number of anilines is 1. The monoisotopic (exact) mass is 576 g/mol. The summed E-state index contributed by atoms with van der Waals surface area (Å²) in [5, 5.41) is 4.60. The topological polar surface area (TPSA) is 94.3 Å². The maximum absolute atomic E-state index is 13.2. The Bertz CT molecular complexity index is 1700. The lowest BCUT2D eigenvalue weighted by Crippen LogP contribution is -2.15. The maximum Gasteiger partial charge on any atom is 0.332 e. The van der Waals surface area contributed by atoms with Crippen molar-refractivity contribution in [3.63, 3.8) is 0 Å². The molecule has 0 aliphatic carbocycles.